The smallest absolute Gasteiger partial charge is 0.335 e. The fraction of sp³-hybridized carbons (Fsp3) is 0.300. The van der Waals surface area contributed by atoms with Gasteiger partial charge in [0.2, 0.25) is 5.91 Å². The summed E-state index contributed by atoms with van der Waals surface area (Å²) in [6.45, 7) is 3.71. The third kappa shape index (κ3) is 5.21. The SMILES string of the molecule is O=C(O)c1ccc(CNCC(=O)N2CCN(c3cccc(Cl)c3)CC2)cc1. The molecule has 0 aromatic heterocycles. The predicted molar refractivity (Wildman–Crippen MR) is 105 cm³/mol. The Morgan fingerprint density at radius 1 is 1.04 bits per heavy atom. The van der Waals surface area contributed by atoms with Gasteiger partial charge in [-0.05, 0) is 35.9 Å². The van der Waals surface area contributed by atoms with Crippen molar-refractivity contribution in [2.75, 3.05) is 37.6 Å². The van der Waals surface area contributed by atoms with Crippen LogP contribution < -0.4 is 10.2 Å². The number of nitrogens with one attached hydrogen (secondary N) is 1. The van der Waals surface area contributed by atoms with E-state index in [2.05, 4.69) is 10.2 Å². The van der Waals surface area contributed by atoms with Crippen molar-refractivity contribution in [3.63, 3.8) is 0 Å². The van der Waals surface area contributed by atoms with E-state index >= 15 is 0 Å². The Hall–Kier alpha value is -2.57. The third-order valence-electron chi connectivity index (χ3n) is 4.61. The van der Waals surface area contributed by atoms with Gasteiger partial charge in [-0.2, -0.15) is 0 Å². The van der Waals surface area contributed by atoms with Crippen LogP contribution in [0.5, 0.6) is 0 Å². The quantitative estimate of drug-likeness (QED) is 0.796. The average molecular weight is 388 g/mol. The summed E-state index contributed by atoms with van der Waals surface area (Å²) < 4.78 is 0. The molecule has 3 rings (SSSR count). The number of amides is 1. The molecule has 6 nitrogen and oxygen atoms in total. The fourth-order valence-corrected chi connectivity index (χ4v) is 3.26. The van der Waals surface area contributed by atoms with Gasteiger partial charge in [0.25, 0.3) is 0 Å². The Bertz CT molecular complexity index is 802. The number of aromatic carboxylic acids is 1. The lowest BCUT2D eigenvalue weighted by atomic mass is 10.1. The number of nitrogens with zero attached hydrogens (tertiary/aromatic N) is 2. The molecule has 2 aromatic carbocycles. The number of hydrogen-bond donors (Lipinski definition) is 2. The van der Waals surface area contributed by atoms with Crippen LogP contribution in [0.15, 0.2) is 48.5 Å². The molecular formula is C20H22ClN3O3. The van der Waals surface area contributed by atoms with Crippen molar-refractivity contribution < 1.29 is 14.7 Å². The summed E-state index contributed by atoms with van der Waals surface area (Å²) in [4.78, 5) is 27.3. The van der Waals surface area contributed by atoms with Gasteiger partial charge in [-0.1, -0.05) is 29.8 Å². The highest BCUT2D eigenvalue weighted by Gasteiger charge is 2.21. The molecule has 0 radical (unpaired) electrons. The molecule has 1 heterocycles. The minimum atomic E-state index is -0.943. The summed E-state index contributed by atoms with van der Waals surface area (Å²) in [6.07, 6.45) is 0. The van der Waals surface area contributed by atoms with Gasteiger partial charge in [0.05, 0.1) is 12.1 Å². The van der Waals surface area contributed by atoms with E-state index in [1.807, 2.05) is 29.2 Å². The number of anilines is 1. The number of carboxylic acids is 1. The van der Waals surface area contributed by atoms with E-state index in [0.29, 0.717) is 24.7 Å². The zero-order chi connectivity index (χ0) is 19.2. The summed E-state index contributed by atoms with van der Waals surface area (Å²) in [5.74, 6) is -0.871. The Balaban J connectivity index is 1.42. The predicted octanol–water partition coefficient (Wildman–Crippen LogP) is 2.48. The largest absolute Gasteiger partial charge is 0.478 e. The van der Waals surface area contributed by atoms with Crippen LogP contribution in [0.3, 0.4) is 0 Å². The van der Waals surface area contributed by atoms with E-state index in [-0.39, 0.29) is 18.0 Å². The van der Waals surface area contributed by atoms with Crippen molar-refractivity contribution in [2.24, 2.45) is 0 Å². The zero-order valence-corrected chi connectivity index (χ0v) is 15.7. The number of carbonyl (C=O) groups excluding carboxylic acids is 1. The summed E-state index contributed by atoms with van der Waals surface area (Å²) in [5.41, 5.74) is 2.28. The number of rotatable bonds is 6. The second kappa shape index (κ2) is 8.88. The van der Waals surface area contributed by atoms with Crippen molar-refractivity contribution in [3.05, 3.63) is 64.7 Å². The maximum Gasteiger partial charge on any atom is 0.335 e. The van der Waals surface area contributed by atoms with E-state index in [1.54, 1.807) is 24.3 Å². The Labute approximate surface area is 163 Å². The molecule has 0 saturated carbocycles. The maximum absolute atomic E-state index is 12.4. The van der Waals surface area contributed by atoms with Crippen LogP contribution in [-0.2, 0) is 11.3 Å². The molecule has 1 aliphatic rings. The maximum atomic E-state index is 12.4. The minimum absolute atomic E-state index is 0.0721. The van der Waals surface area contributed by atoms with E-state index in [1.165, 1.54) is 0 Å². The molecule has 7 heteroatoms. The van der Waals surface area contributed by atoms with Crippen LogP contribution >= 0.6 is 11.6 Å². The number of hydrogen-bond acceptors (Lipinski definition) is 4. The first-order valence-corrected chi connectivity index (χ1v) is 9.22. The lowest BCUT2D eigenvalue weighted by molar-refractivity contribution is -0.130. The number of carboxylic acid groups (broad SMARTS) is 1. The van der Waals surface area contributed by atoms with E-state index in [4.69, 9.17) is 16.7 Å². The molecule has 0 bridgehead atoms. The second-order valence-corrected chi connectivity index (χ2v) is 6.89. The first kappa shape index (κ1) is 19.2. The summed E-state index contributed by atoms with van der Waals surface area (Å²) >= 11 is 6.05. The molecule has 27 heavy (non-hydrogen) atoms. The first-order valence-electron chi connectivity index (χ1n) is 8.84. The van der Waals surface area contributed by atoms with Crippen LogP contribution in [0, 0.1) is 0 Å². The molecule has 1 amide bonds. The molecule has 1 aliphatic heterocycles. The molecule has 1 saturated heterocycles. The van der Waals surface area contributed by atoms with Gasteiger partial charge in [-0.25, -0.2) is 4.79 Å². The lowest BCUT2D eigenvalue weighted by Gasteiger charge is -2.36. The Morgan fingerprint density at radius 2 is 1.74 bits per heavy atom. The van der Waals surface area contributed by atoms with Crippen LogP contribution in [0.4, 0.5) is 5.69 Å². The standard InChI is InChI=1S/C20H22ClN3O3/c21-17-2-1-3-18(12-17)23-8-10-24(11-9-23)19(25)14-22-13-15-4-6-16(7-5-15)20(26)27/h1-7,12,22H,8-11,13-14H2,(H,26,27). The zero-order valence-electron chi connectivity index (χ0n) is 14.9. The van der Waals surface area contributed by atoms with Gasteiger partial charge in [-0.3, -0.25) is 4.79 Å². The van der Waals surface area contributed by atoms with Crippen LogP contribution in [-0.4, -0.2) is 54.6 Å². The molecule has 2 N–H and O–H groups in total. The minimum Gasteiger partial charge on any atom is -0.478 e. The van der Waals surface area contributed by atoms with Crippen molar-refractivity contribution in [1.29, 1.82) is 0 Å². The molecular weight excluding hydrogens is 366 g/mol. The van der Waals surface area contributed by atoms with Crippen LogP contribution in [0.1, 0.15) is 15.9 Å². The molecule has 0 unspecified atom stereocenters. The van der Waals surface area contributed by atoms with Crippen molar-refractivity contribution in [1.82, 2.24) is 10.2 Å². The van der Waals surface area contributed by atoms with Crippen molar-refractivity contribution >= 4 is 29.2 Å². The van der Waals surface area contributed by atoms with E-state index in [0.717, 1.165) is 24.3 Å². The lowest BCUT2D eigenvalue weighted by Crippen LogP contribution is -2.50. The monoisotopic (exact) mass is 387 g/mol. The Morgan fingerprint density at radius 3 is 2.37 bits per heavy atom. The highest BCUT2D eigenvalue weighted by Crippen LogP contribution is 2.20. The first-order chi connectivity index (χ1) is 13.0. The van der Waals surface area contributed by atoms with Gasteiger partial charge in [0, 0.05) is 43.4 Å². The normalized spacial score (nSPS) is 14.3. The van der Waals surface area contributed by atoms with Gasteiger partial charge in [0.15, 0.2) is 0 Å². The topological polar surface area (TPSA) is 72.9 Å². The fourth-order valence-electron chi connectivity index (χ4n) is 3.08. The average Bonchev–Trinajstić information content (AvgIpc) is 2.68. The van der Waals surface area contributed by atoms with Crippen LogP contribution in [0.2, 0.25) is 5.02 Å². The van der Waals surface area contributed by atoms with Crippen LogP contribution in [0.25, 0.3) is 0 Å². The molecule has 2 aromatic rings. The molecule has 1 fully saturated rings. The van der Waals surface area contributed by atoms with Gasteiger partial charge < -0.3 is 20.2 Å². The second-order valence-electron chi connectivity index (χ2n) is 6.45. The Kier molecular flexibility index (Phi) is 6.32. The van der Waals surface area contributed by atoms with E-state index in [9.17, 15) is 9.59 Å². The molecule has 0 aliphatic carbocycles. The highest BCUT2D eigenvalue weighted by molar-refractivity contribution is 6.30. The number of benzene rings is 2. The summed E-state index contributed by atoms with van der Waals surface area (Å²) in [7, 11) is 0. The van der Waals surface area contributed by atoms with Gasteiger partial charge in [0.1, 0.15) is 0 Å². The number of piperazine rings is 1. The van der Waals surface area contributed by atoms with Crippen molar-refractivity contribution in [2.45, 2.75) is 6.54 Å². The third-order valence-corrected chi connectivity index (χ3v) is 4.85. The van der Waals surface area contributed by atoms with Gasteiger partial charge in [-0.15, -0.1) is 0 Å². The summed E-state index contributed by atoms with van der Waals surface area (Å²) in [5, 5.41) is 12.7. The molecule has 0 spiro atoms. The molecule has 0 atom stereocenters. The number of carbonyl (C=O) groups is 2. The highest BCUT2D eigenvalue weighted by atomic mass is 35.5. The van der Waals surface area contributed by atoms with E-state index < -0.39 is 5.97 Å². The molecule has 142 valence electrons. The van der Waals surface area contributed by atoms with Crippen molar-refractivity contribution in [3.8, 4) is 0 Å². The summed E-state index contributed by atoms with van der Waals surface area (Å²) in [6, 6.07) is 14.4. The van der Waals surface area contributed by atoms with Gasteiger partial charge >= 0.3 is 5.97 Å². The number of halogens is 1.